The van der Waals surface area contributed by atoms with E-state index in [1.54, 1.807) is 36.4 Å². The third kappa shape index (κ3) is 6.04. The van der Waals surface area contributed by atoms with Crippen LogP contribution in [0.4, 0.5) is 5.82 Å². The van der Waals surface area contributed by atoms with Crippen LogP contribution >= 0.6 is 0 Å². The van der Waals surface area contributed by atoms with E-state index in [1.165, 1.54) is 10.7 Å². The van der Waals surface area contributed by atoms with Gasteiger partial charge in [0.05, 0.1) is 12.1 Å². The second kappa shape index (κ2) is 10.4. The van der Waals surface area contributed by atoms with E-state index < -0.39 is 17.9 Å². The summed E-state index contributed by atoms with van der Waals surface area (Å²) >= 11 is 0. The monoisotopic (exact) mass is 434 g/mol. The van der Waals surface area contributed by atoms with Crippen LogP contribution in [0.3, 0.4) is 0 Å². The maximum absolute atomic E-state index is 12.9. The highest BCUT2D eigenvalue weighted by atomic mass is 16.4. The van der Waals surface area contributed by atoms with E-state index in [0.717, 1.165) is 0 Å². The molecule has 32 heavy (non-hydrogen) atoms. The van der Waals surface area contributed by atoms with Crippen LogP contribution in [0, 0.1) is 5.92 Å². The fourth-order valence-corrected chi connectivity index (χ4v) is 3.36. The van der Waals surface area contributed by atoms with Gasteiger partial charge in [0.1, 0.15) is 5.82 Å². The van der Waals surface area contributed by atoms with Gasteiger partial charge in [-0.2, -0.15) is 5.10 Å². The quantitative estimate of drug-likeness (QED) is 0.475. The predicted octanol–water partition coefficient (Wildman–Crippen LogP) is 3.74. The van der Waals surface area contributed by atoms with Crippen molar-refractivity contribution in [2.45, 2.75) is 32.7 Å². The Hall–Kier alpha value is -3.94. The normalized spacial score (nSPS) is 11.7. The van der Waals surface area contributed by atoms with Crippen LogP contribution in [0.15, 0.2) is 66.7 Å². The highest BCUT2D eigenvalue weighted by Crippen LogP contribution is 2.19. The average Bonchev–Trinajstić information content (AvgIpc) is 3.18. The minimum absolute atomic E-state index is 0.0800. The molecule has 1 atom stereocenters. The van der Waals surface area contributed by atoms with Crippen LogP contribution in [-0.2, 0) is 4.79 Å². The van der Waals surface area contributed by atoms with Gasteiger partial charge in [-0.3, -0.25) is 14.4 Å². The summed E-state index contributed by atoms with van der Waals surface area (Å²) in [6, 6.07) is 18.8. The van der Waals surface area contributed by atoms with Gasteiger partial charge in [0.15, 0.2) is 5.69 Å². The lowest BCUT2D eigenvalue weighted by Gasteiger charge is -2.18. The molecular formula is C24H26N4O4. The molecule has 0 fully saturated rings. The largest absolute Gasteiger partial charge is 0.481 e. The first kappa shape index (κ1) is 22.7. The number of carbonyl (C=O) groups excluding carboxylic acids is 2. The van der Waals surface area contributed by atoms with Crippen molar-refractivity contribution in [3.8, 4) is 5.69 Å². The van der Waals surface area contributed by atoms with E-state index in [9.17, 15) is 14.4 Å². The highest BCUT2D eigenvalue weighted by Gasteiger charge is 2.22. The second-order valence-electron chi connectivity index (χ2n) is 7.88. The summed E-state index contributed by atoms with van der Waals surface area (Å²) in [7, 11) is 0. The van der Waals surface area contributed by atoms with Crippen LogP contribution < -0.4 is 10.6 Å². The van der Waals surface area contributed by atoms with Gasteiger partial charge < -0.3 is 15.7 Å². The molecule has 166 valence electrons. The summed E-state index contributed by atoms with van der Waals surface area (Å²) in [6.07, 6.45) is 0.343. The molecule has 1 aromatic heterocycles. The second-order valence-corrected chi connectivity index (χ2v) is 7.88. The number of aromatic nitrogens is 2. The Bertz CT molecular complexity index is 1080. The Morgan fingerprint density at radius 1 is 0.969 bits per heavy atom. The number of aliphatic carboxylic acids is 1. The first-order valence-corrected chi connectivity index (χ1v) is 10.4. The number of nitrogens with zero attached hydrogens (tertiary/aromatic N) is 2. The number of anilines is 1. The lowest BCUT2D eigenvalue weighted by molar-refractivity contribution is -0.137. The van der Waals surface area contributed by atoms with Gasteiger partial charge in [-0.25, -0.2) is 4.68 Å². The molecule has 0 saturated heterocycles. The zero-order chi connectivity index (χ0) is 23.1. The molecule has 0 bridgehead atoms. The van der Waals surface area contributed by atoms with E-state index in [2.05, 4.69) is 15.7 Å². The maximum Gasteiger partial charge on any atom is 0.305 e. The van der Waals surface area contributed by atoms with Gasteiger partial charge in [0, 0.05) is 17.7 Å². The van der Waals surface area contributed by atoms with Crippen LogP contribution in [0.5, 0.6) is 0 Å². The molecule has 8 nitrogen and oxygen atoms in total. The number of carbonyl (C=O) groups is 3. The molecular weight excluding hydrogens is 408 g/mol. The number of carboxylic acid groups (broad SMARTS) is 1. The first-order chi connectivity index (χ1) is 15.3. The van der Waals surface area contributed by atoms with E-state index in [4.69, 9.17) is 5.11 Å². The number of hydrogen-bond acceptors (Lipinski definition) is 4. The Morgan fingerprint density at radius 3 is 2.19 bits per heavy atom. The van der Waals surface area contributed by atoms with E-state index in [-0.39, 0.29) is 23.9 Å². The SMILES string of the molecule is CC(C)CC(CC(=O)O)NC(=O)c1cc(NC(=O)c2ccccc2)n(-c2ccccc2)n1. The maximum atomic E-state index is 12.9. The minimum atomic E-state index is -0.985. The first-order valence-electron chi connectivity index (χ1n) is 10.4. The molecule has 3 aromatic rings. The van der Waals surface area contributed by atoms with Crippen molar-refractivity contribution in [3.63, 3.8) is 0 Å². The van der Waals surface area contributed by atoms with Gasteiger partial charge in [-0.1, -0.05) is 50.2 Å². The molecule has 2 amide bonds. The van der Waals surface area contributed by atoms with Crippen molar-refractivity contribution in [1.29, 1.82) is 0 Å². The zero-order valence-electron chi connectivity index (χ0n) is 18.0. The van der Waals surface area contributed by atoms with E-state index in [0.29, 0.717) is 23.5 Å². The molecule has 0 aliphatic heterocycles. The van der Waals surface area contributed by atoms with Gasteiger partial charge >= 0.3 is 5.97 Å². The fraction of sp³-hybridized carbons (Fsp3) is 0.250. The molecule has 1 heterocycles. The molecule has 0 spiro atoms. The van der Waals surface area contributed by atoms with Gasteiger partial charge in [-0.15, -0.1) is 0 Å². The summed E-state index contributed by atoms with van der Waals surface area (Å²) in [5.74, 6) is -1.28. The Balaban J connectivity index is 1.89. The van der Waals surface area contributed by atoms with Crippen molar-refractivity contribution < 1.29 is 19.5 Å². The number of hydrogen-bond donors (Lipinski definition) is 3. The molecule has 0 aliphatic rings. The van der Waals surface area contributed by atoms with Crippen LogP contribution in [0.25, 0.3) is 5.69 Å². The van der Waals surface area contributed by atoms with Crippen LogP contribution in [0.1, 0.15) is 47.5 Å². The molecule has 2 aromatic carbocycles. The van der Waals surface area contributed by atoms with E-state index in [1.807, 2.05) is 38.1 Å². The summed E-state index contributed by atoms with van der Waals surface area (Å²) in [5.41, 5.74) is 1.22. The van der Waals surface area contributed by atoms with Crippen molar-refractivity contribution in [2.24, 2.45) is 5.92 Å². The highest BCUT2D eigenvalue weighted by molar-refractivity contribution is 6.04. The molecule has 3 N–H and O–H groups in total. The summed E-state index contributed by atoms with van der Waals surface area (Å²) in [6.45, 7) is 3.92. The lowest BCUT2D eigenvalue weighted by Crippen LogP contribution is -2.37. The third-order valence-corrected chi connectivity index (χ3v) is 4.73. The molecule has 0 saturated carbocycles. The fourth-order valence-electron chi connectivity index (χ4n) is 3.36. The number of amides is 2. The van der Waals surface area contributed by atoms with Gasteiger partial charge in [0.2, 0.25) is 0 Å². The molecule has 3 rings (SSSR count). The minimum Gasteiger partial charge on any atom is -0.481 e. The average molecular weight is 434 g/mol. The lowest BCUT2D eigenvalue weighted by atomic mass is 10.0. The third-order valence-electron chi connectivity index (χ3n) is 4.73. The van der Waals surface area contributed by atoms with Gasteiger partial charge in [0.25, 0.3) is 11.8 Å². The zero-order valence-corrected chi connectivity index (χ0v) is 18.0. The Labute approximate surface area is 186 Å². The molecule has 0 radical (unpaired) electrons. The topological polar surface area (TPSA) is 113 Å². The number of nitrogens with one attached hydrogen (secondary N) is 2. The van der Waals surface area contributed by atoms with Crippen LogP contribution in [-0.4, -0.2) is 38.7 Å². The predicted molar refractivity (Wildman–Crippen MR) is 121 cm³/mol. The van der Waals surface area contributed by atoms with E-state index >= 15 is 0 Å². The number of benzene rings is 2. The number of carboxylic acids is 1. The van der Waals surface area contributed by atoms with Crippen LogP contribution in [0.2, 0.25) is 0 Å². The van der Waals surface area contributed by atoms with Crippen molar-refractivity contribution in [2.75, 3.05) is 5.32 Å². The number of rotatable bonds is 9. The smallest absolute Gasteiger partial charge is 0.305 e. The molecule has 8 heteroatoms. The van der Waals surface area contributed by atoms with Crippen molar-refractivity contribution in [3.05, 3.63) is 78.0 Å². The Kier molecular flexibility index (Phi) is 7.38. The molecule has 1 unspecified atom stereocenters. The van der Waals surface area contributed by atoms with Crippen molar-refractivity contribution >= 4 is 23.6 Å². The summed E-state index contributed by atoms with van der Waals surface area (Å²) in [4.78, 5) is 36.7. The van der Waals surface area contributed by atoms with Gasteiger partial charge in [-0.05, 0) is 36.6 Å². The molecule has 0 aliphatic carbocycles. The number of para-hydroxylation sites is 1. The Morgan fingerprint density at radius 2 is 1.59 bits per heavy atom. The van der Waals surface area contributed by atoms with Crippen molar-refractivity contribution in [1.82, 2.24) is 15.1 Å². The summed E-state index contributed by atoms with van der Waals surface area (Å²) < 4.78 is 1.48. The standard InChI is InChI=1S/C24H26N4O4/c1-16(2)13-18(14-22(29)30)25-24(32)20-15-21(26-23(31)17-9-5-3-6-10-17)28(27-20)19-11-7-4-8-12-19/h3-12,15-16,18H,13-14H2,1-2H3,(H,25,32)(H,26,31)(H,29,30). The summed E-state index contributed by atoms with van der Waals surface area (Å²) in [5, 5.41) is 19.1.